The molecule has 5 heteroatoms. The lowest BCUT2D eigenvalue weighted by Gasteiger charge is -2.27. The normalized spacial score (nSPS) is 12.0. The Bertz CT molecular complexity index is 4150. The zero-order chi connectivity index (χ0) is 42.6. The first kappa shape index (κ1) is 35.8. The largest absolute Gasteiger partial charge is 0.456 e. The molecule has 14 rings (SSSR count). The van der Waals surface area contributed by atoms with Crippen LogP contribution in [0.15, 0.2) is 232 Å². The molecule has 0 aliphatic heterocycles. The van der Waals surface area contributed by atoms with E-state index in [1.165, 1.54) is 21.8 Å². The highest BCUT2D eigenvalue weighted by molar-refractivity contribution is 6.19. The molecule has 304 valence electrons. The van der Waals surface area contributed by atoms with E-state index in [9.17, 15) is 0 Å². The molecule has 0 saturated carbocycles. The van der Waals surface area contributed by atoms with Crippen LogP contribution in [0.3, 0.4) is 0 Å². The standard InChI is InChI=1S/C60H36N2O3/c1-6-23-49-43(16-1)44-17-2-7-24-50(44)62(49)40-15-11-14-38(36-40)42-34-35-51(58-48-20-5-10-28-55(48)65-60(42)58)61(52-25-12-22-46-45-18-3-8-26-53(45)64-59(46)52)39-32-30-37(31-33-39)41-21-13-29-56-57(41)47-19-4-9-27-54(47)63-56/h1-36H. The Balaban J connectivity index is 0.994. The van der Waals surface area contributed by atoms with Crippen LogP contribution in [0.2, 0.25) is 0 Å². The molecule has 0 atom stereocenters. The van der Waals surface area contributed by atoms with Crippen molar-refractivity contribution < 1.29 is 13.3 Å². The van der Waals surface area contributed by atoms with Crippen molar-refractivity contribution >= 4 is 105 Å². The Kier molecular flexibility index (Phi) is 7.62. The number of hydrogen-bond donors (Lipinski definition) is 0. The van der Waals surface area contributed by atoms with E-state index in [4.69, 9.17) is 13.3 Å². The molecule has 0 spiro atoms. The van der Waals surface area contributed by atoms with Crippen LogP contribution in [-0.4, -0.2) is 4.57 Å². The average Bonchev–Trinajstić information content (AvgIpc) is 4.14. The summed E-state index contributed by atoms with van der Waals surface area (Å²) in [4.78, 5) is 2.34. The van der Waals surface area contributed by atoms with Crippen LogP contribution in [0.5, 0.6) is 0 Å². The minimum Gasteiger partial charge on any atom is -0.456 e. The fourth-order valence-electron chi connectivity index (χ4n) is 10.4. The summed E-state index contributed by atoms with van der Waals surface area (Å²) < 4.78 is 22.4. The van der Waals surface area contributed by atoms with Crippen LogP contribution < -0.4 is 4.90 Å². The van der Waals surface area contributed by atoms with Gasteiger partial charge in [-0.1, -0.05) is 140 Å². The van der Waals surface area contributed by atoms with Crippen molar-refractivity contribution in [2.24, 2.45) is 0 Å². The van der Waals surface area contributed by atoms with Gasteiger partial charge in [0.2, 0.25) is 0 Å². The van der Waals surface area contributed by atoms with Crippen molar-refractivity contribution in [1.29, 1.82) is 0 Å². The molecule has 10 aromatic carbocycles. The third-order valence-electron chi connectivity index (χ3n) is 13.2. The fourth-order valence-corrected chi connectivity index (χ4v) is 10.4. The minimum atomic E-state index is 0.816. The molecule has 14 aromatic rings. The third kappa shape index (κ3) is 5.33. The van der Waals surface area contributed by atoms with Gasteiger partial charge in [-0.15, -0.1) is 0 Å². The van der Waals surface area contributed by atoms with Crippen molar-refractivity contribution in [3.05, 3.63) is 218 Å². The van der Waals surface area contributed by atoms with Crippen LogP contribution in [0.4, 0.5) is 17.1 Å². The maximum Gasteiger partial charge on any atom is 0.159 e. The Morgan fingerprint density at radius 3 is 1.65 bits per heavy atom. The first-order valence-corrected chi connectivity index (χ1v) is 22.0. The van der Waals surface area contributed by atoms with Gasteiger partial charge in [0, 0.05) is 54.6 Å². The van der Waals surface area contributed by atoms with Gasteiger partial charge in [0.15, 0.2) is 5.58 Å². The van der Waals surface area contributed by atoms with Crippen LogP contribution in [0.1, 0.15) is 0 Å². The molecule has 0 N–H and O–H groups in total. The number of rotatable bonds is 6. The molecule has 4 heterocycles. The van der Waals surface area contributed by atoms with Crippen LogP contribution in [0, 0.1) is 0 Å². The fraction of sp³-hybridized carbons (Fsp3) is 0. The summed E-state index contributed by atoms with van der Waals surface area (Å²) in [6.45, 7) is 0. The lowest BCUT2D eigenvalue weighted by atomic mass is 9.98. The molecule has 0 amide bonds. The molecule has 0 fully saturated rings. The van der Waals surface area contributed by atoms with Gasteiger partial charge < -0.3 is 22.7 Å². The van der Waals surface area contributed by atoms with Gasteiger partial charge >= 0.3 is 0 Å². The molecule has 4 aromatic heterocycles. The summed E-state index contributed by atoms with van der Waals surface area (Å²) >= 11 is 0. The monoisotopic (exact) mass is 832 g/mol. The van der Waals surface area contributed by atoms with E-state index in [-0.39, 0.29) is 0 Å². The Labute approximate surface area is 372 Å². The number of anilines is 3. The molecule has 0 radical (unpaired) electrons. The molecule has 65 heavy (non-hydrogen) atoms. The summed E-state index contributed by atoms with van der Waals surface area (Å²) in [6.07, 6.45) is 0. The van der Waals surface area contributed by atoms with E-state index in [1.807, 2.05) is 36.4 Å². The van der Waals surface area contributed by atoms with Crippen LogP contribution in [-0.2, 0) is 0 Å². The number of fused-ring (bicyclic) bond motifs is 12. The van der Waals surface area contributed by atoms with E-state index >= 15 is 0 Å². The molecule has 0 bridgehead atoms. The van der Waals surface area contributed by atoms with Crippen molar-refractivity contribution in [2.45, 2.75) is 0 Å². The maximum atomic E-state index is 6.99. The molecule has 0 saturated heterocycles. The summed E-state index contributed by atoms with van der Waals surface area (Å²) in [5, 5.41) is 8.89. The lowest BCUT2D eigenvalue weighted by molar-refractivity contribution is 0.668. The number of nitrogens with zero attached hydrogens (tertiary/aromatic N) is 2. The third-order valence-corrected chi connectivity index (χ3v) is 13.2. The number of furan rings is 3. The quantitative estimate of drug-likeness (QED) is 0.167. The van der Waals surface area contributed by atoms with E-state index in [2.05, 4.69) is 191 Å². The second-order valence-corrected chi connectivity index (χ2v) is 16.8. The van der Waals surface area contributed by atoms with Crippen LogP contribution in [0.25, 0.3) is 116 Å². The number of aromatic nitrogens is 1. The van der Waals surface area contributed by atoms with Crippen molar-refractivity contribution in [2.75, 3.05) is 4.90 Å². The Morgan fingerprint density at radius 2 is 0.892 bits per heavy atom. The topological polar surface area (TPSA) is 47.6 Å². The summed E-state index contributed by atoms with van der Waals surface area (Å²) in [6, 6.07) is 77.1. The molecule has 0 aliphatic carbocycles. The van der Waals surface area contributed by atoms with Crippen molar-refractivity contribution in [3.8, 4) is 27.9 Å². The Morgan fingerprint density at radius 1 is 0.323 bits per heavy atom. The van der Waals surface area contributed by atoms with Crippen LogP contribution >= 0.6 is 0 Å². The van der Waals surface area contributed by atoms with Gasteiger partial charge in [-0.05, 0) is 95.6 Å². The predicted molar refractivity (Wildman–Crippen MR) is 268 cm³/mol. The van der Waals surface area contributed by atoms with Gasteiger partial charge in [-0.2, -0.15) is 0 Å². The number of hydrogen-bond acceptors (Lipinski definition) is 4. The molecule has 5 nitrogen and oxygen atoms in total. The van der Waals surface area contributed by atoms with E-state index in [0.29, 0.717) is 0 Å². The molecular weight excluding hydrogens is 797 g/mol. The lowest BCUT2D eigenvalue weighted by Crippen LogP contribution is -2.11. The SMILES string of the molecule is c1cc(-c2ccc(N(c3ccc(-c4cccc5oc6ccccc6c45)cc3)c3cccc4c3oc3ccccc34)c3c2oc2ccccc23)cc(-n2c3ccccc3c3ccccc32)c1. The first-order valence-electron chi connectivity index (χ1n) is 22.0. The highest BCUT2D eigenvalue weighted by Gasteiger charge is 2.26. The molecular formula is C60H36N2O3. The summed E-state index contributed by atoms with van der Waals surface area (Å²) in [5.41, 5.74) is 15.7. The highest BCUT2D eigenvalue weighted by atomic mass is 16.3. The van der Waals surface area contributed by atoms with Gasteiger partial charge in [0.1, 0.15) is 27.9 Å². The molecule has 0 aliphatic rings. The predicted octanol–water partition coefficient (Wildman–Crippen LogP) is 17.3. The van der Waals surface area contributed by atoms with Gasteiger partial charge in [-0.25, -0.2) is 0 Å². The van der Waals surface area contributed by atoms with Gasteiger partial charge in [0.05, 0.1) is 27.8 Å². The smallest absolute Gasteiger partial charge is 0.159 e. The first-order chi connectivity index (χ1) is 32.2. The van der Waals surface area contributed by atoms with Gasteiger partial charge in [0.25, 0.3) is 0 Å². The van der Waals surface area contributed by atoms with E-state index in [0.717, 1.165) is 111 Å². The van der Waals surface area contributed by atoms with Gasteiger partial charge in [-0.3, -0.25) is 0 Å². The molecule has 0 unspecified atom stereocenters. The second kappa shape index (κ2) is 13.9. The second-order valence-electron chi connectivity index (χ2n) is 16.8. The highest BCUT2D eigenvalue weighted by Crippen LogP contribution is 2.49. The zero-order valence-corrected chi connectivity index (χ0v) is 34.9. The Hall–Kier alpha value is -8.80. The van der Waals surface area contributed by atoms with E-state index < -0.39 is 0 Å². The minimum absolute atomic E-state index is 0.816. The zero-order valence-electron chi connectivity index (χ0n) is 34.9. The maximum absolute atomic E-state index is 6.99. The van der Waals surface area contributed by atoms with Crippen molar-refractivity contribution in [1.82, 2.24) is 4.57 Å². The average molecular weight is 833 g/mol. The number of para-hydroxylation sites is 6. The number of benzene rings is 10. The summed E-state index contributed by atoms with van der Waals surface area (Å²) in [5.74, 6) is 0. The van der Waals surface area contributed by atoms with Crippen molar-refractivity contribution in [3.63, 3.8) is 0 Å². The van der Waals surface area contributed by atoms with E-state index in [1.54, 1.807) is 0 Å². The summed E-state index contributed by atoms with van der Waals surface area (Å²) in [7, 11) is 0.